The minimum Gasteiger partial charge on any atom is -0.324 e. The summed E-state index contributed by atoms with van der Waals surface area (Å²) in [5.74, 6) is -0.617. The lowest BCUT2D eigenvalue weighted by Gasteiger charge is -2.20. The smallest absolute Gasteiger partial charge is 0.229 e. The number of aryl methyl sites for hydroxylation is 1. The first kappa shape index (κ1) is 18.0. The molecule has 3 rings (SSSR count). The number of hydrogen-bond acceptors (Lipinski definition) is 2. The van der Waals surface area contributed by atoms with E-state index >= 15 is 0 Å². The number of carbonyl (C=O) groups is 2. The van der Waals surface area contributed by atoms with Crippen molar-refractivity contribution >= 4 is 50.7 Å². The zero-order chi connectivity index (χ0) is 18.1. The predicted octanol–water partition coefficient (Wildman–Crippen LogP) is 4.71. The van der Waals surface area contributed by atoms with Crippen molar-refractivity contribution in [2.75, 3.05) is 16.8 Å². The molecule has 2 aromatic carbocycles. The third kappa shape index (κ3) is 3.72. The number of carbonyl (C=O) groups excluding carboxylic acids is 2. The maximum Gasteiger partial charge on any atom is 0.229 e. The summed E-state index contributed by atoms with van der Waals surface area (Å²) in [6, 6.07) is 11.1. The Morgan fingerprint density at radius 3 is 2.76 bits per heavy atom. The number of halogens is 2. The van der Waals surface area contributed by atoms with E-state index < -0.39 is 5.92 Å². The number of hydrogen-bond donors (Lipinski definition) is 1. The molecule has 2 amide bonds. The first-order valence-corrected chi connectivity index (χ1v) is 9.16. The van der Waals surface area contributed by atoms with Crippen molar-refractivity contribution in [3.63, 3.8) is 0 Å². The van der Waals surface area contributed by atoms with Crippen LogP contribution in [-0.4, -0.2) is 18.4 Å². The first-order chi connectivity index (χ1) is 11.9. The molecule has 1 atom stereocenters. The van der Waals surface area contributed by atoms with E-state index in [0.717, 1.165) is 21.3 Å². The molecule has 0 bridgehead atoms. The zero-order valence-electron chi connectivity index (χ0n) is 14.0. The van der Waals surface area contributed by atoms with E-state index in [1.807, 2.05) is 38.1 Å². The van der Waals surface area contributed by atoms with Crippen LogP contribution in [0.4, 0.5) is 11.4 Å². The lowest BCUT2D eigenvalue weighted by Crippen LogP contribution is -2.28. The average molecular weight is 422 g/mol. The normalized spacial score (nSPS) is 17.0. The molecule has 0 saturated carbocycles. The van der Waals surface area contributed by atoms with E-state index in [4.69, 9.17) is 11.6 Å². The molecule has 6 heteroatoms. The largest absolute Gasteiger partial charge is 0.324 e. The van der Waals surface area contributed by atoms with E-state index in [2.05, 4.69) is 21.2 Å². The van der Waals surface area contributed by atoms with Gasteiger partial charge in [0.1, 0.15) is 0 Å². The van der Waals surface area contributed by atoms with Crippen molar-refractivity contribution in [2.45, 2.75) is 20.3 Å². The van der Waals surface area contributed by atoms with E-state index in [-0.39, 0.29) is 18.2 Å². The molecule has 1 heterocycles. The Balaban J connectivity index is 1.75. The maximum absolute atomic E-state index is 12.6. The minimum atomic E-state index is -0.396. The van der Waals surface area contributed by atoms with E-state index in [0.29, 0.717) is 17.3 Å². The molecule has 130 valence electrons. The van der Waals surface area contributed by atoms with Gasteiger partial charge in [0.25, 0.3) is 0 Å². The van der Waals surface area contributed by atoms with Crippen LogP contribution in [0.15, 0.2) is 40.9 Å². The van der Waals surface area contributed by atoms with Crippen molar-refractivity contribution in [1.29, 1.82) is 0 Å². The highest BCUT2D eigenvalue weighted by Gasteiger charge is 2.35. The summed E-state index contributed by atoms with van der Waals surface area (Å²) >= 11 is 9.48. The fraction of sp³-hybridized carbons (Fsp3) is 0.263. The lowest BCUT2D eigenvalue weighted by atomic mass is 10.1. The minimum absolute atomic E-state index is 0.0317. The number of benzene rings is 2. The molecule has 25 heavy (non-hydrogen) atoms. The van der Waals surface area contributed by atoms with Crippen molar-refractivity contribution < 1.29 is 9.59 Å². The molecule has 0 aromatic heterocycles. The predicted molar refractivity (Wildman–Crippen MR) is 104 cm³/mol. The molecule has 2 aromatic rings. The standard InChI is InChI=1S/C19H18BrClN2O2/c1-11-4-3-5-17(12(11)2)23-10-13(8-18(23)24)19(25)22-16-7-6-14(20)9-15(16)21/h3-7,9,13H,8,10H2,1-2H3,(H,22,25)/t13-/m0/s1. The van der Waals surface area contributed by atoms with Gasteiger partial charge in [-0.15, -0.1) is 0 Å². The Morgan fingerprint density at radius 1 is 1.28 bits per heavy atom. The summed E-state index contributed by atoms with van der Waals surface area (Å²) < 4.78 is 0.840. The number of amides is 2. The van der Waals surface area contributed by atoms with Crippen molar-refractivity contribution in [3.8, 4) is 0 Å². The van der Waals surface area contributed by atoms with Gasteiger partial charge in [0, 0.05) is 23.1 Å². The molecule has 0 aliphatic carbocycles. The summed E-state index contributed by atoms with van der Waals surface area (Å²) in [5.41, 5.74) is 3.61. The van der Waals surface area contributed by atoms with E-state index in [1.54, 1.807) is 17.0 Å². The molecule has 1 N–H and O–H groups in total. The maximum atomic E-state index is 12.6. The van der Waals surface area contributed by atoms with Gasteiger partial charge in [-0.2, -0.15) is 0 Å². The van der Waals surface area contributed by atoms with Gasteiger partial charge in [0.2, 0.25) is 11.8 Å². The van der Waals surface area contributed by atoms with Gasteiger partial charge in [0.15, 0.2) is 0 Å². The summed E-state index contributed by atoms with van der Waals surface area (Å²) in [5, 5.41) is 3.28. The molecule has 0 radical (unpaired) electrons. The number of anilines is 2. The molecule has 0 unspecified atom stereocenters. The van der Waals surface area contributed by atoms with Gasteiger partial charge in [-0.05, 0) is 49.2 Å². The number of rotatable bonds is 3. The van der Waals surface area contributed by atoms with Crippen LogP contribution in [0, 0.1) is 19.8 Å². The van der Waals surface area contributed by atoms with Gasteiger partial charge in [-0.3, -0.25) is 9.59 Å². The highest BCUT2D eigenvalue weighted by molar-refractivity contribution is 9.10. The Morgan fingerprint density at radius 2 is 2.04 bits per heavy atom. The Labute approximate surface area is 160 Å². The molecular weight excluding hydrogens is 404 g/mol. The second-order valence-electron chi connectivity index (χ2n) is 6.24. The van der Waals surface area contributed by atoms with Gasteiger partial charge < -0.3 is 10.2 Å². The van der Waals surface area contributed by atoms with Crippen LogP contribution >= 0.6 is 27.5 Å². The Hall–Kier alpha value is -1.85. The molecule has 1 saturated heterocycles. The van der Waals surface area contributed by atoms with Gasteiger partial charge in [0.05, 0.1) is 16.6 Å². The monoisotopic (exact) mass is 420 g/mol. The van der Waals surface area contributed by atoms with Gasteiger partial charge >= 0.3 is 0 Å². The molecular formula is C19H18BrClN2O2. The number of nitrogens with one attached hydrogen (secondary N) is 1. The summed E-state index contributed by atoms with van der Waals surface area (Å²) in [6.07, 6.45) is 0.202. The fourth-order valence-electron chi connectivity index (χ4n) is 2.97. The first-order valence-electron chi connectivity index (χ1n) is 7.99. The average Bonchev–Trinajstić information content (AvgIpc) is 2.94. The second-order valence-corrected chi connectivity index (χ2v) is 7.56. The van der Waals surface area contributed by atoms with Crippen molar-refractivity contribution in [1.82, 2.24) is 0 Å². The summed E-state index contributed by atoms with van der Waals surface area (Å²) in [7, 11) is 0. The molecule has 4 nitrogen and oxygen atoms in total. The van der Waals surface area contributed by atoms with Crippen LogP contribution in [0.5, 0.6) is 0 Å². The van der Waals surface area contributed by atoms with Crippen LogP contribution in [0.1, 0.15) is 17.5 Å². The molecule has 1 aliphatic rings. The quantitative estimate of drug-likeness (QED) is 0.780. The lowest BCUT2D eigenvalue weighted by molar-refractivity contribution is -0.122. The van der Waals surface area contributed by atoms with Crippen LogP contribution < -0.4 is 10.2 Å². The molecule has 0 spiro atoms. The fourth-order valence-corrected chi connectivity index (χ4v) is 3.69. The zero-order valence-corrected chi connectivity index (χ0v) is 16.3. The van der Waals surface area contributed by atoms with Crippen molar-refractivity contribution in [3.05, 3.63) is 57.0 Å². The summed E-state index contributed by atoms with van der Waals surface area (Å²) in [4.78, 5) is 26.7. The third-order valence-electron chi connectivity index (χ3n) is 4.55. The Bertz CT molecular complexity index is 853. The molecule has 1 aliphatic heterocycles. The number of nitrogens with zero attached hydrogens (tertiary/aromatic N) is 1. The van der Waals surface area contributed by atoms with Gasteiger partial charge in [-0.25, -0.2) is 0 Å². The topological polar surface area (TPSA) is 49.4 Å². The van der Waals surface area contributed by atoms with Crippen LogP contribution in [0.25, 0.3) is 0 Å². The highest BCUT2D eigenvalue weighted by Crippen LogP contribution is 2.31. The third-order valence-corrected chi connectivity index (χ3v) is 5.36. The highest BCUT2D eigenvalue weighted by atomic mass is 79.9. The van der Waals surface area contributed by atoms with Crippen LogP contribution in [0.3, 0.4) is 0 Å². The van der Waals surface area contributed by atoms with Gasteiger partial charge in [-0.1, -0.05) is 39.7 Å². The van der Waals surface area contributed by atoms with Crippen molar-refractivity contribution in [2.24, 2.45) is 5.92 Å². The van der Waals surface area contributed by atoms with E-state index in [1.165, 1.54) is 0 Å². The second kappa shape index (κ2) is 7.18. The van der Waals surface area contributed by atoms with E-state index in [9.17, 15) is 9.59 Å². The Kier molecular flexibility index (Phi) is 5.16. The van der Waals surface area contributed by atoms with Crippen LogP contribution in [-0.2, 0) is 9.59 Å². The SMILES string of the molecule is Cc1cccc(N2C[C@@H](C(=O)Nc3ccc(Br)cc3Cl)CC2=O)c1C. The van der Waals surface area contributed by atoms with Crippen LogP contribution in [0.2, 0.25) is 5.02 Å². The summed E-state index contributed by atoms with van der Waals surface area (Å²) in [6.45, 7) is 4.38. The molecule has 1 fully saturated rings.